The van der Waals surface area contributed by atoms with Gasteiger partial charge in [0.15, 0.2) is 0 Å². The molecule has 0 aromatic carbocycles. The fourth-order valence-corrected chi connectivity index (χ4v) is 1.95. The predicted molar refractivity (Wildman–Crippen MR) is 66.3 cm³/mol. The predicted octanol–water partition coefficient (Wildman–Crippen LogP) is 2.06. The summed E-state index contributed by atoms with van der Waals surface area (Å²) < 4.78 is 4.87. The highest BCUT2D eigenvalue weighted by Gasteiger charge is 2.13. The van der Waals surface area contributed by atoms with Crippen LogP contribution in [0.1, 0.15) is 34.1 Å². The van der Waals surface area contributed by atoms with Crippen LogP contribution in [0.15, 0.2) is 0 Å². The van der Waals surface area contributed by atoms with E-state index in [0.717, 1.165) is 13.0 Å². The lowest BCUT2D eigenvalue weighted by atomic mass is 10.2. The molecule has 0 amide bonds. The number of hydrogen-bond acceptors (Lipinski definition) is 4. The fourth-order valence-electron chi connectivity index (χ4n) is 1.08. The second kappa shape index (κ2) is 9.04. The van der Waals surface area contributed by atoms with Gasteiger partial charge >= 0.3 is 5.97 Å². The van der Waals surface area contributed by atoms with Gasteiger partial charge in [-0.1, -0.05) is 13.8 Å². The molecule has 0 spiro atoms. The summed E-state index contributed by atoms with van der Waals surface area (Å²) >= 11 is 1.65. The molecule has 2 unspecified atom stereocenters. The van der Waals surface area contributed by atoms with Crippen LogP contribution in [0, 0.1) is 0 Å². The molecule has 3 nitrogen and oxygen atoms in total. The lowest BCUT2D eigenvalue weighted by molar-refractivity contribution is -0.139. The smallest absolute Gasteiger partial charge is 0.315 e. The number of rotatable bonds is 8. The van der Waals surface area contributed by atoms with Crippen molar-refractivity contribution in [3.05, 3.63) is 0 Å². The van der Waals surface area contributed by atoms with Gasteiger partial charge in [0.05, 0.1) is 12.4 Å². The van der Waals surface area contributed by atoms with Crippen molar-refractivity contribution < 1.29 is 9.53 Å². The fraction of sp³-hybridized carbons (Fsp3) is 0.909. The number of carbonyl (C=O) groups excluding carboxylic acids is 1. The Kier molecular flexibility index (Phi) is 8.91. The first kappa shape index (κ1) is 14.8. The van der Waals surface area contributed by atoms with E-state index in [-0.39, 0.29) is 5.97 Å². The molecule has 0 saturated heterocycles. The molecule has 0 aliphatic carbocycles. The topological polar surface area (TPSA) is 38.3 Å². The van der Waals surface area contributed by atoms with E-state index in [0.29, 0.717) is 23.7 Å². The molecule has 0 rings (SSSR count). The van der Waals surface area contributed by atoms with Gasteiger partial charge in [0.2, 0.25) is 0 Å². The number of esters is 1. The van der Waals surface area contributed by atoms with Crippen LogP contribution >= 0.6 is 11.8 Å². The van der Waals surface area contributed by atoms with Crippen molar-refractivity contribution in [3.63, 3.8) is 0 Å². The van der Waals surface area contributed by atoms with Gasteiger partial charge in [-0.15, -0.1) is 11.8 Å². The Bertz CT molecular complexity index is 176. The minimum atomic E-state index is -0.114. The Morgan fingerprint density at radius 2 is 2.07 bits per heavy atom. The second-order valence-electron chi connectivity index (χ2n) is 3.56. The Morgan fingerprint density at radius 3 is 2.60 bits per heavy atom. The third-order valence-corrected chi connectivity index (χ3v) is 3.53. The van der Waals surface area contributed by atoms with Gasteiger partial charge in [0.25, 0.3) is 0 Å². The third kappa shape index (κ3) is 7.68. The molecule has 0 aromatic rings. The Morgan fingerprint density at radius 1 is 1.40 bits per heavy atom. The van der Waals surface area contributed by atoms with Gasteiger partial charge in [-0.3, -0.25) is 4.79 Å². The Hall–Kier alpha value is -0.220. The van der Waals surface area contributed by atoms with Gasteiger partial charge in [0, 0.05) is 11.3 Å². The first-order valence-corrected chi connectivity index (χ1v) is 6.67. The normalized spacial score (nSPS) is 14.7. The van der Waals surface area contributed by atoms with Gasteiger partial charge in [-0.25, -0.2) is 0 Å². The maximum atomic E-state index is 11.1. The lowest BCUT2D eigenvalue weighted by Crippen LogP contribution is -2.34. The average Bonchev–Trinajstić information content (AvgIpc) is 2.22. The molecule has 4 heteroatoms. The molecule has 0 aromatic heterocycles. The molecule has 0 aliphatic rings. The number of hydrogen-bond donors (Lipinski definition) is 1. The van der Waals surface area contributed by atoms with Crippen LogP contribution in [0.3, 0.4) is 0 Å². The van der Waals surface area contributed by atoms with Crippen LogP contribution in [0.5, 0.6) is 0 Å². The highest BCUT2D eigenvalue weighted by Crippen LogP contribution is 2.14. The zero-order chi connectivity index (χ0) is 11.7. The van der Waals surface area contributed by atoms with E-state index >= 15 is 0 Å². The van der Waals surface area contributed by atoms with Crippen LogP contribution in [-0.2, 0) is 9.53 Å². The van der Waals surface area contributed by atoms with Crippen LogP contribution < -0.4 is 5.32 Å². The molecule has 15 heavy (non-hydrogen) atoms. The molecular formula is C11H23NO2S. The quantitative estimate of drug-likeness (QED) is 0.651. The summed E-state index contributed by atoms with van der Waals surface area (Å²) in [6.07, 6.45) is 1.14. The van der Waals surface area contributed by atoms with Crippen molar-refractivity contribution in [3.8, 4) is 0 Å². The van der Waals surface area contributed by atoms with Gasteiger partial charge < -0.3 is 10.1 Å². The summed E-state index contributed by atoms with van der Waals surface area (Å²) in [6.45, 7) is 9.77. The highest BCUT2D eigenvalue weighted by atomic mass is 32.2. The largest absolute Gasteiger partial charge is 0.465 e. The molecule has 0 bridgehead atoms. The molecule has 0 radical (unpaired) electrons. The molecule has 0 fully saturated rings. The number of carbonyl (C=O) groups is 1. The van der Waals surface area contributed by atoms with E-state index in [9.17, 15) is 4.79 Å². The SMILES string of the molecule is CCCNC(C)C(C)SCC(=O)OCC. The molecule has 0 heterocycles. The van der Waals surface area contributed by atoms with Crippen molar-refractivity contribution in [1.29, 1.82) is 0 Å². The molecule has 1 N–H and O–H groups in total. The van der Waals surface area contributed by atoms with E-state index in [1.165, 1.54) is 0 Å². The van der Waals surface area contributed by atoms with Crippen LogP contribution in [0.2, 0.25) is 0 Å². The monoisotopic (exact) mass is 233 g/mol. The van der Waals surface area contributed by atoms with E-state index in [2.05, 4.69) is 26.1 Å². The number of nitrogens with one attached hydrogen (secondary N) is 1. The zero-order valence-corrected chi connectivity index (χ0v) is 11.0. The van der Waals surface area contributed by atoms with E-state index in [1.54, 1.807) is 11.8 Å². The summed E-state index contributed by atoms with van der Waals surface area (Å²) in [4.78, 5) is 11.1. The minimum absolute atomic E-state index is 0.114. The highest BCUT2D eigenvalue weighted by molar-refractivity contribution is 8.00. The average molecular weight is 233 g/mol. The van der Waals surface area contributed by atoms with Crippen molar-refractivity contribution in [2.75, 3.05) is 18.9 Å². The summed E-state index contributed by atoms with van der Waals surface area (Å²) in [5, 5.41) is 3.85. The first-order chi connectivity index (χ1) is 7.11. The molecule has 0 saturated carbocycles. The Labute approximate surface area is 97.3 Å². The number of ether oxygens (including phenoxy) is 1. The van der Waals surface area contributed by atoms with Crippen molar-refractivity contribution >= 4 is 17.7 Å². The van der Waals surface area contributed by atoms with Gasteiger partial charge in [0.1, 0.15) is 0 Å². The van der Waals surface area contributed by atoms with Gasteiger partial charge in [-0.2, -0.15) is 0 Å². The summed E-state index contributed by atoms with van der Waals surface area (Å²) in [7, 11) is 0. The third-order valence-electron chi connectivity index (χ3n) is 2.19. The van der Waals surface area contributed by atoms with E-state index < -0.39 is 0 Å². The molecular weight excluding hydrogens is 210 g/mol. The standard InChI is InChI=1S/C11H23NO2S/c1-5-7-12-9(3)10(4)15-8-11(13)14-6-2/h9-10,12H,5-8H2,1-4H3. The molecule has 90 valence electrons. The summed E-state index contributed by atoms with van der Waals surface area (Å²) in [6, 6.07) is 0.435. The van der Waals surface area contributed by atoms with Crippen LogP contribution in [0.4, 0.5) is 0 Å². The maximum Gasteiger partial charge on any atom is 0.315 e. The van der Waals surface area contributed by atoms with Crippen molar-refractivity contribution in [1.82, 2.24) is 5.32 Å². The first-order valence-electron chi connectivity index (χ1n) is 5.62. The van der Waals surface area contributed by atoms with Crippen molar-refractivity contribution in [2.24, 2.45) is 0 Å². The van der Waals surface area contributed by atoms with Crippen LogP contribution in [-0.4, -0.2) is 36.2 Å². The zero-order valence-electron chi connectivity index (χ0n) is 10.2. The van der Waals surface area contributed by atoms with E-state index in [1.807, 2.05) is 6.92 Å². The minimum Gasteiger partial charge on any atom is -0.465 e. The maximum absolute atomic E-state index is 11.1. The Balaban J connectivity index is 3.62. The molecule has 0 aliphatic heterocycles. The summed E-state index contributed by atoms with van der Waals surface area (Å²) in [5.74, 6) is 0.338. The number of thioether (sulfide) groups is 1. The van der Waals surface area contributed by atoms with Crippen molar-refractivity contribution in [2.45, 2.75) is 45.4 Å². The molecule has 2 atom stereocenters. The van der Waals surface area contributed by atoms with E-state index in [4.69, 9.17) is 4.74 Å². The van der Waals surface area contributed by atoms with Crippen LogP contribution in [0.25, 0.3) is 0 Å². The lowest BCUT2D eigenvalue weighted by Gasteiger charge is -2.20. The second-order valence-corrected chi connectivity index (χ2v) is 4.93. The van der Waals surface area contributed by atoms with Gasteiger partial charge in [-0.05, 0) is 26.8 Å². The summed E-state index contributed by atoms with van der Waals surface area (Å²) in [5.41, 5.74) is 0.